The number of rotatable bonds is 7. The monoisotopic (exact) mass is 279 g/mol. The first-order valence-corrected chi connectivity index (χ1v) is 7.99. The molecule has 0 unspecified atom stereocenters. The molecule has 0 bridgehead atoms. The molecule has 0 radical (unpaired) electrons. The van der Waals surface area contributed by atoms with E-state index in [0.29, 0.717) is 11.5 Å². The third-order valence-electron chi connectivity index (χ3n) is 4.27. The van der Waals surface area contributed by atoms with Gasteiger partial charge < -0.3 is 5.32 Å². The molecule has 0 aromatic carbocycles. The zero-order valence-corrected chi connectivity index (χ0v) is 13.4. The lowest BCUT2D eigenvalue weighted by Gasteiger charge is -2.31. The molecule has 0 saturated heterocycles. The van der Waals surface area contributed by atoms with Crippen LogP contribution in [0.25, 0.3) is 0 Å². The van der Waals surface area contributed by atoms with Crippen molar-refractivity contribution in [1.29, 1.82) is 0 Å². The Labute approximate surface area is 122 Å². The molecule has 1 heterocycles. The van der Waals surface area contributed by atoms with E-state index in [1.165, 1.54) is 32.1 Å². The molecule has 5 heteroatoms. The van der Waals surface area contributed by atoms with Crippen LogP contribution < -0.4 is 5.32 Å². The third-order valence-corrected chi connectivity index (χ3v) is 4.27. The van der Waals surface area contributed by atoms with Crippen molar-refractivity contribution >= 4 is 0 Å². The molecule has 1 aromatic heterocycles. The Bertz CT molecular complexity index is 404. The number of nitrogens with one attached hydrogen (secondary N) is 1. The average molecular weight is 279 g/mol. The topological polar surface area (TPSA) is 55.6 Å². The molecule has 1 saturated carbocycles. The van der Waals surface area contributed by atoms with Gasteiger partial charge in [0.25, 0.3) is 0 Å². The first kappa shape index (κ1) is 15.4. The van der Waals surface area contributed by atoms with Crippen LogP contribution in [0.2, 0.25) is 0 Å². The fourth-order valence-corrected chi connectivity index (χ4v) is 3.50. The fraction of sp³-hybridized carbons (Fsp3) is 0.933. The highest BCUT2D eigenvalue weighted by Crippen LogP contribution is 2.44. The summed E-state index contributed by atoms with van der Waals surface area (Å²) in [7, 11) is 0. The summed E-state index contributed by atoms with van der Waals surface area (Å²) >= 11 is 0. The molecule has 0 spiro atoms. The highest BCUT2D eigenvalue weighted by molar-refractivity contribution is 4.89. The molecule has 114 valence electrons. The Hall–Kier alpha value is -0.970. The summed E-state index contributed by atoms with van der Waals surface area (Å²) in [4.78, 5) is 0. The summed E-state index contributed by atoms with van der Waals surface area (Å²) < 4.78 is 2.03. The van der Waals surface area contributed by atoms with Crippen molar-refractivity contribution in [1.82, 2.24) is 25.5 Å². The zero-order valence-electron chi connectivity index (χ0n) is 13.4. The summed E-state index contributed by atoms with van der Waals surface area (Å²) in [5.41, 5.74) is 0.413. The van der Waals surface area contributed by atoms with Gasteiger partial charge in [0.05, 0.1) is 13.1 Å². The molecule has 5 nitrogen and oxygen atoms in total. The van der Waals surface area contributed by atoms with Gasteiger partial charge in [-0.25, -0.2) is 4.68 Å². The second-order valence-corrected chi connectivity index (χ2v) is 7.09. The van der Waals surface area contributed by atoms with Gasteiger partial charge in [-0.15, -0.1) is 5.10 Å². The molecule has 20 heavy (non-hydrogen) atoms. The lowest BCUT2D eigenvalue weighted by Crippen LogP contribution is -2.29. The van der Waals surface area contributed by atoms with Crippen molar-refractivity contribution in [3.05, 3.63) is 5.82 Å². The van der Waals surface area contributed by atoms with Crippen molar-refractivity contribution in [3.8, 4) is 0 Å². The number of hydrogen-bond donors (Lipinski definition) is 1. The van der Waals surface area contributed by atoms with Gasteiger partial charge in [-0.05, 0) is 41.0 Å². The number of hydrogen-bond acceptors (Lipinski definition) is 4. The van der Waals surface area contributed by atoms with Gasteiger partial charge in [0.15, 0.2) is 5.82 Å². The van der Waals surface area contributed by atoms with Crippen LogP contribution in [0.15, 0.2) is 0 Å². The van der Waals surface area contributed by atoms with E-state index in [9.17, 15) is 0 Å². The SMILES string of the molecule is CC(C)CC1(Cn2nnnc2CNC(C)C)CCCC1. The van der Waals surface area contributed by atoms with E-state index in [2.05, 4.69) is 48.5 Å². The average Bonchev–Trinajstić information content (AvgIpc) is 2.96. The van der Waals surface area contributed by atoms with E-state index < -0.39 is 0 Å². The van der Waals surface area contributed by atoms with Crippen LogP contribution in [-0.4, -0.2) is 26.2 Å². The van der Waals surface area contributed by atoms with Gasteiger partial charge in [-0.1, -0.05) is 40.5 Å². The minimum Gasteiger partial charge on any atom is -0.308 e. The second kappa shape index (κ2) is 6.66. The Morgan fingerprint density at radius 3 is 2.50 bits per heavy atom. The molecule has 0 atom stereocenters. The van der Waals surface area contributed by atoms with Crippen LogP contribution in [0.4, 0.5) is 0 Å². The van der Waals surface area contributed by atoms with Gasteiger partial charge in [0.1, 0.15) is 0 Å². The van der Waals surface area contributed by atoms with Gasteiger partial charge in [-0.3, -0.25) is 0 Å². The Balaban J connectivity index is 2.05. The maximum Gasteiger partial charge on any atom is 0.165 e. The van der Waals surface area contributed by atoms with Crippen molar-refractivity contribution in [2.45, 2.75) is 78.9 Å². The zero-order chi connectivity index (χ0) is 14.6. The molecular formula is C15H29N5. The summed E-state index contributed by atoms with van der Waals surface area (Å²) in [6.45, 7) is 10.7. The molecule has 1 aromatic rings. The van der Waals surface area contributed by atoms with Gasteiger partial charge in [0.2, 0.25) is 0 Å². The molecule has 0 aliphatic heterocycles. The van der Waals surface area contributed by atoms with E-state index in [4.69, 9.17) is 0 Å². The first-order chi connectivity index (χ1) is 9.51. The molecule has 1 N–H and O–H groups in total. The standard InChI is InChI=1S/C15H29N5/c1-12(2)9-15(7-5-6-8-15)11-20-14(17-18-19-20)10-16-13(3)4/h12-13,16H,5-11H2,1-4H3. The quantitative estimate of drug-likeness (QED) is 0.834. The predicted molar refractivity (Wildman–Crippen MR) is 80.1 cm³/mol. The Morgan fingerprint density at radius 1 is 1.20 bits per heavy atom. The molecule has 1 aliphatic carbocycles. The lowest BCUT2D eigenvalue weighted by atomic mass is 9.78. The van der Waals surface area contributed by atoms with Crippen LogP contribution in [0.5, 0.6) is 0 Å². The molecule has 0 amide bonds. The van der Waals surface area contributed by atoms with Crippen molar-refractivity contribution < 1.29 is 0 Å². The van der Waals surface area contributed by atoms with E-state index >= 15 is 0 Å². The highest BCUT2D eigenvalue weighted by Gasteiger charge is 2.35. The number of aromatic nitrogens is 4. The van der Waals surface area contributed by atoms with Crippen LogP contribution >= 0.6 is 0 Å². The Kier molecular flexibility index (Phi) is 5.13. The Morgan fingerprint density at radius 2 is 1.90 bits per heavy atom. The van der Waals surface area contributed by atoms with Gasteiger partial charge in [-0.2, -0.15) is 0 Å². The predicted octanol–water partition coefficient (Wildman–Crippen LogP) is 2.78. The van der Waals surface area contributed by atoms with Gasteiger partial charge in [0, 0.05) is 6.04 Å². The summed E-state index contributed by atoms with van der Waals surface area (Å²) in [6, 6.07) is 0.455. The van der Waals surface area contributed by atoms with Gasteiger partial charge >= 0.3 is 0 Å². The normalized spacial score (nSPS) is 18.3. The largest absolute Gasteiger partial charge is 0.308 e. The highest BCUT2D eigenvalue weighted by atomic mass is 15.5. The van der Waals surface area contributed by atoms with Crippen molar-refractivity contribution in [2.75, 3.05) is 0 Å². The maximum absolute atomic E-state index is 4.23. The maximum atomic E-state index is 4.23. The molecule has 1 aliphatic rings. The summed E-state index contributed by atoms with van der Waals surface area (Å²) in [6.07, 6.45) is 6.64. The molecule has 2 rings (SSSR count). The fourth-order valence-electron chi connectivity index (χ4n) is 3.50. The number of tetrazole rings is 1. The molecular weight excluding hydrogens is 250 g/mol. The molecule has 1 fully saturated rings. The lowest BCUT2D eigenvalue weighted by molar-refractivity contribution is 0.184. The smallest absolute Gasteiger partial charge is 0.165 e. The van der Waals surface area contributed by atoms with E-state index in [0.717, 1.165) is 24.8 Å². The van der Waals surface area contributed by atoms with Crippen LogP contribution in [-0.2, 0) is 13.1 Å². The van der Waals surface area contributed by atoms with Crippen molar-refractivity contribution in [2.24, 2.45) is 11.3 Å². The summed E-state index contributed by atoms with van der Waals surface area (Å²) in [5.74, 6) is 1.70. The number of nitrogens with zero attached hydrogens (tertiary/aromatic N) is 4. The third kappa shape index (κ3) is 4.01. The van der Waals surface area contributed by atoms with Crippen LogP contribution in [0.3, 0.4) is 0 Å². The van der Waals surface area contributed by atoms with E-state index in [1.807, 2.05) is 4.68 Å². The minimum atomic E-state index is 0.413. The van der Waals surface area contributed by atoms with Crippen LogP contribution in [0, 0.1) is 11.3 Å². The van der Waals surface area contributed by atoms with E-state index in [-0.39, 0.29) is 0 Å². The first-order valence-electron chi connectivity index (χ1n) is 7.99. The minimum absolute atomic E-state index is 0.413. The van der Waals surface area contributed by atoms with Crippen LogP contribution in [0.1, 0.15) is 65.6 Å². The van der Waals surface area contributed by atoms with E-state index in [1.54, 1.807) is 0 Å². The summed E-state index contributed by atoms with van der Waals surface area (Å²) in [5, 5.41) is 15.7. The second-order valence-electron chi connectivity index (χ2n) is 7.09. The van der Waals surface area contributed by atoms with Crippen molar-refractivity contribution in [3.63, 3.8) is 0 Å².